The van der Waals surface area contributed by atoms with Gasteiger partial charge in [0.1, 0.15) is 12.3 Å². The van der Waals surface area contributed by atoms with Crippen LogP contribution >= 0.6 is 0 Å². The van der Waals surface area contributed by atoms with Crippen LogP contribution in [0.1, 0.15) is 18.2 Å². The molecule has 0 spiro atoms. The summed E-state index contributed by atoms with van der Waals surface area (Å²) in [5, 5.41) is 10.1. The monoisotopic (exact) mass is 382 g/mol. The van der Waals surface area contributed by atoms with E-state index in [1.165, 1.54) is 18.3 Å². The summed E-state index contributed by atoms with van der Waals surface area (Å²) in [6.45, 7) is 1.44. The summed E-state index contributed by atoms with van der Waals surface area (Å²) in [5.41, 5.74) is -0.315. The van der Waals surface area contributed by atoms with E-state index in [9.17, 15) is 23.1 Å². The number of aromatic amines is 1. The molecule has 1 saturated heterocycles. The lowest BCUT2D eigenvalue weighted by atomic mass is 10.2. The Morgan fingerprint density at radius 1 is 1.27 bits per heavy atom. The lowest BCUT2D eigenvalue weighted by Crippen LogP contribution is -2.32. The highest BCUT2D eigenvalue weighted by molar-refractivity contribution is 7.86. The van der Waals surface area contributed by atoms with Gasteiger partial charge in [-0.15, -0.1) is 0 Å². The third-order valence-electron chi connectivity index (χ3n) is 4.06. The van der Waals surface area contributed by atoms with Crippen LogP contribution in [0, 0.1) is 6.92 Å². The molecule has 140 valence electrons. The average molecular weight is 382 g/mol. The number of aromatic nitrogens is 2. The molecule has 2 N–H and O–H groups in total. The van der Waals surface area contributed by atoms with Gasteiger partial charge < -0.3 is 9.84 Å². The maximum atomic E-state index is 12.2. The number of benzene rings is 1. The molecule has 0 amide bonds. The molecule has 0 aliphatic carbocycles. The fraction of sp³-hybridized carbons (Fsp3) is 0.375. The molecule has 3 rings (SSSR count). The van der Waals surface area contributed by atoms with Gasteiger partial charge in [-0.25, -0.2) is 4.79 Å². The van der Waals surface area contributed by atoms with E-state index in [1.54, 1.807) is 12.1 Å². The van der Waals surface area contributed by atoms with Gasteiger partial charge in [-0.05, 0) is 19.1 Å². The van der Waals surface area contributed by atoms with Crippen molar-refractivity contribution in [1.82, 2.24) is 9.55 Å². The molecule has 1 aliphatic rings. The van der Waals surface area contributed by atoms with Crippen LogP contribution in [0.25, 0.3) is 0 Å². The first-order valence-corrected chi connectivity index (χ1v) is 9.28. The van der Waals surface area contributed by atoms with Gasteiger partial charge in [-0.2, -0.15) is 8.42 Å². The van der Waals surface area contributed by atoms with Crippen molar-refractivity contribution in [2.24, 2.45) is 0 Å². The van der Waals surface area contributed by atoms with E-state index in [0.29, 0.717) is 0 Å². The maximum Gasteiger partial charge on any atom is 0.330 e. The van der Waals surface area contributed by atoms with E-state index < -0.39 is 46.4 Å². The summed E-state index contributed by atoms with van der Waals surface area (Å²) in [4.78, 5) is 25.0. The number of aliphatic hydroxyl groups is 1. The van der Waals surface area contributed by atoms with Crippen LogP contribution in [0.4, 0.5) is 0 Å². The van der Waals surface area contributed by atoms with Crippen molar-refractivity contribution in [1.29, 1.82) is 0 Å². The smallest absolute Gasteiger partial charge is 0.330 e. The Hall–Kier alpha value is -2.27. The van der Waals surface area contributed by atoms with Crippen molar-refractivity contribution < 1.29 is 22.4 Å². The average Bonchev–Trinajstić information content (AvgIpc) is 2.94. The topological polar surface area (TPSA) is 128 Å². The number of hydrogen-bond acceptors (Lipinski definition) is 7. The predicted octanol–water partition coefficient (Wildman–Crippen LogP) is -0.101. The van der Waals surface area contributed by atoms with Gasteiger partial charge in [-0.3, -0.25) is 18.5 Å². The van der Waals surface area contributed by atoms with Gasteiger partial charge in [-0.1, -0.05) is 17.7 Å². The lowest BCUT2D eigenvalue weighted by Gasteiger charge is -2.16. The van der Waals surface area contributed by atoms with Crippen molar-refractivity contribution in [2.45, 2.75) is 36.7 Å². The largest absolute Gasteiger partial charge is 0.390 e. The summed E-state index contributed by atoms with van der Waals surface area (Å²) in [6, 6.07) is 7.31. The normalized spacial score (nSPS) is 23.2. The fourth-order valence-corrected chi connectivity index (χ4v) is 3.54. The van der Waals surface area contributed by atoms with Crippen LogP contribution < -0.4 is 11.2 Å². The van der Waals surface area contributed by atoms with Crippen molar-refractivity contribution in [3.05, 3.63) is 62.9 Å². The Kier molecular flexibility index (Phi) is 5.10. The summed E-state index contributed by atoms with van der Waals surface area (Å²) in [7, 11) is -3.99. The SMILES string of the molecule is Cc1ccc(S(=O)(=O)OCC2OC(n3ccc(=O)[nH]c3=O)CC2O)cc1. The zero-order chi connectivity index (χ0) is 18.9. The van der Waals surface area contributed by atoms with E-state index in [4.69, 9.17) is 8.92 Å². The number of hydrogen-bond donors (Lipinski definition) is 2. The number of H-pyrrole nitrogens is 1. The highest BCUT2D eigenvalue weighted by Crippen LogP contribution is 2.28. The molecule has 2 heterocycles. The summed E-state index contributed by atoms with van der Waals surface area (Å²) in [6.07, 6.45) is -1.47. The predicted molar refractivity (Wildman–Crippen MR) is 90.2 cm³/mol. The van der Waals surface area contributed by atoms with Crippen molar-refractivity contribution in [3.8, 4) is 0 Å². The zero-order valence-corrected chi connectivity index (χ0v) is 14.7. The van der Waals surface area contributed by atoms with Gasteiger partial charge in [0, 0.05) is 18.7 Å². The molecule has 3 atom stereocenters. The number of nitrogens with zero attached hydrogens (tertiary/aromatic N) is 1. The van der Waals surface area contributed by atoms with Gasteiger partial charge in [0.05, 0.1) is 17.6 Å². The second kappa shape index (κ2) is 7.16. The molecule has 0 saturated carbocycles. The highest BCUT2D eigenvalue weighted by Gasteiger charge is 2.36. The standard InChI is InChI=1S/C16H18N2O7S/c1-10-2-4-11(5-3-10)26(22,23)24-9-13-12(19)8-15(25-13)18-7-6-14(20)17-16(18)21/h2-7,12-13,15,19H,8-9H2,1H3,(H,17,20,21). The van der Waals surface area contributed by atoms with Crippen LogP contribution in [-0.2, 0) is 19.0 Å². The van der Waals surface area contributed by atoms with E-state index >= 15 is 0 Å². The minimum Gasteiger partial charge on any atom is -0.390 e. The van der Waals surface area contributed by atoms with Gasteiger partial charge in [0.2, 0.25) is 0 Å². The molecular weight excluding hydrogens is 364 g/mol. The molecule has 26 heavy (non-hydrogen) atoms. The zero-order valence-electron chi connectivity index (χ0n) is 13.9. The first-order valence-electron chi connectivity index (χ1n) is 7.87. The van der Waals surface area contributed by atoms with Crippen LogP contribution in [0.3, 0.4) is 0 Å². The van der Waals surface area contributed by atoms with Gasteiger partial charge >= 0.3 is 5.69 Å². The molecular formula is C16H18N2O7S. The first-order chi connectivity index (χ1) is 12.3. The minimum absolute atomic E-state index is 0.00370. The van der Waals surface area contributed by atoms with Crippen LogP contribution in [0.15, 0.2) is 51.0 Å². The van der Waals surface area contributed by atoms with Gasteiger partial charge in [0.15, 0.2) is 0 Å². The molecule has 0 bridgehead atoms. The van der Waals surface area contributed by atoms with Crippen molar-refractivity contribution in [2.75, 3.05) is 6.61 Å². The Balaban J connectivity index is 1.68. The highest BCUT2D eigenvalue weighted by atomic mass is 32.2. The molecule has 1 fully saturated rings. The van der Waals surface area contributed by atoms with E-state index in [0.717, 1.165) is 16.2 Å². The molecule has 9 nitrogen and oxygen atoms in total. The van der Waals surface area contributed by atoms with E-state index in [2.05, 4.69) is 4.98 Å². The number of aryl methyl sites for hydroxylation is 1. The molecule has 0 radical (unpaired) electrons. The number of ether oxygens (including phenoxy) is 1. The maximum absolute atomic E-state index is 12.2. The summed E-state index contributed by atoms with van der Waals surface area (Å²) >= 11 is 0. The van der Waals surface area contributed by atoms with E-state index in [-0.39, 0.29) is 11.3 Å². The second-order valence-electron chi connectivity index (χ2n) is 6.00. The Labute approximate surface area is 149 Å². The third kappa shape index (κ3) is 3.93. The minimum atomic E-state index is -3.99. The Morgan fingerprint density at radius 2 is 1.96 bits per heavy atom. The van der Waals surface area contributed by atoms with Crippen LogP contribution in [0.5, 0.6) is 0 Å². The first kappa shape index (κ1) is 18.5. The quantitative estimate of drug-likeness (QED) is 0.691. The van der Waals surface area contributed by atoms with Crippen molar-refractivity contribution >= 4 is 10.1 Å². The molecule has 1 aromatic heterocycles. The Bertz CT molecular complexity index is 994. The number of nitrogens with one attached hydrogen (secondary N) is 1. The molecule has 1 aromatic carbocycles. The summed E-state index contributed by atoms with van der Waals surface area (Å²) in [5.74, 6) is 0. The van der Waals surface area contributed by atoms with Crippen molar-refractivity contribution in [3.63, 3.8) is 0 Å². The summed E-state index contributed by atoms with van der Waals surface area (Å²) < 4.78 is 36.0. The van der Waals surface area contributed by atoms with E-state index in [1.807, 2.05) is 6.92 Å². The second-order valence-corrected chi connectivity index (χ2v) is 7.62. The molecule has 1 aliphatic heterocycles. The van der Waals surface area contributed by atoms with Crippen LogP contribution in [-0.4, -0.2) is 41.9 Å². The Morgan fingerprint density at radius 3 is 2.62 bits per heavy atom. The van der Waals surface area contributed by atoms with Gasteiger partial charge in [0.25, 0.3) is 15.7 Å². The fourth-order valence-electron chi connectivity index (χ4n) is 2.62. The molecule has 3 unspecified atom stereocenters. The molecule has 2 aromatic rings. The number of aliphatic hydroxyl groups excluding tert-OH is 1. The molecule has 10 heteroatoms. The lowest BCUT2D eigenvalue weighted by molar-refractivity contribution is -0.0399. The third-order valence-corrected chi connectivity index (χ3v) is 5.36. The van der Waals surface area contributed by atoms with Crippen LogP contribution in [0.2, 0.25) is 0 Å². The number of rotatable bonds is 5.